The second-order valence-corrected chi connectivity index (χ2v) is 4.28. The molecule has 0 bridgehead atoms. The lowest BCUT2D eigenvalue weighted by molar-refractivity contribution is -0.393. The molecule has 0 saturated heterocycles. The molecule has 0 radical (unpaired) electrons. The summed E-state index contributed by atoms with van der Waals surface area (Å²) in [6.07, 6.45) is 2.81. The van der Waals surface area contributed by atoms with Gasteiger partial charge in [-0.1, -0.05) is 13.3 Å². The maximum absolute atomic E-state index is 10.9. The predicted molar refractivity (Wildman–Crippen MR) is 76.0 cm³/mol. The number of nitro benzene ring substituents is 2. The first-order valence-electron chi connectivity index (χ1n) is 6.17. The summed E-state index contributed by atoms with van der Waals surface area (Å²) in [5.74, 6) is 0. The van der Waals surface area contributed by atoms with Crippen LogP contribution in [0.15, 0.2) is 23.3 Å². The van der Waals surface area contributed by atoms with Gasteiger partial charge in [0.2, 0.25) is 0 Å². The Morgan fingerprint density at radius 1 is 1.30 bits per heavy atom. The van der Waals surface area contributed by atoms with Gasteiger partial charge in [0.15, 0.2) is 0 Å². The van der Waals surface area contributed by atoms with Crippen molar-refractivity contribution in [3.05, 3.63) is 38.4 Å². The van der Waals surface area contributed by atoms with Crippen LogP contribution in [0.2, 0.25) is 0 Å². The largest absolute Gasteiger partial charge is 0.301 e. The van der Waals surface area contributed by atoms with E-state index in [0.717, 1.165) is 31.0 Å². The maximum Gasteiger partial charge on any atom is 0.301 e. The number of non-ortho nitro benzene ring substituents is 1. The van der Waals surface area contributed by atoms with Crippen molar-refractivity contribution < 1.29 is 9.85 Å². The highest BCUT2D eigenvalue weighted by atomic mass is 16.6. The molecule has 0 atom stereocenters. The molecule has 8 heteroatoms. The molecule has 0 amide bonds. The average Bonchev–Trinajstić information content (AvgIpc) is 2.42. The number of nitrogens with zero attached hydrogens (tertiary/aromatic N) is 3. The molecule has 0 aromatic heterocycles. The number of hydrogen-bond donors (Lipinski definition) is 1. The molecule has 0 unspecified atom stereocenters. The van der Waals surface area contributed by atoms with Crippen molar-refractivity contribution in [2.24, 2.45) is 5.10 Å². The molecule has 108 valence electrons. The minimum Gasteiger partial charge on any atom is -0.272 e. The summed E-state index contributed by atoms with van der Waals surface area (Å²) in [6.45, 7) is 3.88. The number of nitrogens with one attached hydrogen (secondary N) is 1. The zero-order chi connectivity index (χ0) is 15.1. The molecule has 1 rings (SSSR count). The van der Waals surface area contributed by atoms with Gasteiger partial charge < -0.3 is 0 Å². The van der Waals surface area contributed by atoms with Crippen molar-refractivity contribution in [3.63, 3.8) is 0 Å². The quantitative estimate of drug-likeness (QED) is 0.467. The Morgan fingerprint density at radius 2 is 2.00 bits per heavy atom. The van der Waals surface area contributed by atoms with E-state index in [9.17, 15) is 20.2 Å². The molecular formula is C12H16N4O4. The van der Waals surface area contributed by atoms with Crippen LogP contribution in [0.5, 0.6) is 0 Å². The van der Waals surface area contributed by atoms with Crippen LogP contribution < -0.4 is 5.43 Å². The minimum absolute atomic E-state index is 0.136. The zero-order valence-corrected chi connectivity index (χ0v) is 11.3. The van der Waals surface area contributed by atoms with Crippen molar-refractivity contribution >= 4 is 22.8 Å². The molecule has 0 aliphatic rings. The standard InChI is InChI=1S/C12H16N4O4/c1-3-4-5-9(2)13-14-11-7-6-10(15(17)18)8-12(11)16(19)20/h6-8,14H,3-5H2,1-2H3. The highest BCUT2D eigenvalue weighted by Crippen LogP contribution is 2.28. The lowest BCUT2D eigenvalue weighted by Crippen LogP contribution is -2.01. The van der Waals surface area contributed by atoms with E-state index in [2.05, 4.69) is 17.5 Å². The molecule has 0 fully saturated rings. The fourth-order valence-electron chi connectivity index (χ4n) is 1.52. The fraction of sp³-hybridized carbons (Fsp3) is 0.417. The number of hydrogen-bond acceptors (Lipinski definition) is 6. The number of hydrazone groups is 1. The lowest BCUT2D eigenvalue weighted by Gasteiger charge is -2.04. The van der Waals surface area contributed by atoms with E-state index in [4.69, 9.17) is 0 Å². The van der Waals surface area contributed by atoms with E-state index >= 15 is 0 Å². The Balaban J connectivity index is 2.95. The average molecular weight is 280 g/mol. The highest BCUT2D eigenvalue weighted by Gasteiger charge is 2.19. The molecule has 1 aromatic rings. The van der Waals surface area contributed by atoms with Gasteiger partial charge >= 0.3 is 5.69 Å². The van der Waals surface area contributed by atoms with Crippen LogP contribution in [0.4, 0.5) is 17.1 Å². The molecular weight excluding hydrogens is 264 g/mol. The van der Waals surface area contributed by atoms with Crippen molar-refractivity contribution in [1.29, 1.82) is 0 Å². The van der Waals surface area contributed by atoms with Crippen LogP contribution in [-0.2, 0) is 0 Å². The smallest absolute Gasteiger partial charge is 0.272 e. The van der Waals surface area contributed by atoms with E-state index in [1.165, 1.54) is 12.1 Å². The molecule has 8 nitrogen and oxygen atoms in total. The third-order valence-electron chi connectivity index (χ3n) is 2.65. The molecule has 0 aliphatic heterocycles. The summed E-state index contributed by atoms with van der Waals surface area (Å²) in [6, 6.07) is 3.40. The van der Waals surface area contributed by atoms with Gasteiger partial charge in [0.1, 0.15) is 5.69 Å². The number of nitro groups is 2. The van der Waals surface area contributed by atoms with Crippen LogP contribution in [0.25, 0.3) is 0 Å². The normalized spacial score (nSPS) is 11.2. The van der Waals surface area contributed by atoms with Crippen LogP contribution in [-0.4, -0.2) is 15.6 Å². The summed E-state index contributed by atoms with van der Waals surface area (Å²) in [7, 11) is 0. The zero-order valence-electron chi connectivity index (χ0n) is 11.3. The summed E-state index contributed by atoms with van der Waals surface area (Å²) in [5, 5.41) is 25.6. The highest BCUT2D eigenvalue weighted by molar-refractivity contribution is 5.83. The van der Waals surface area contributed by atoms with Crippen LogP contribution >= 0.6 is 0 Å². The third kappa shape index (κ3) is 4.30. The second kappa shape index (κ2) is 7.17. The Kier molecular flexibility index (Phi) is 5.57. The monoisotopic (exact) mass is 280 g/mol. The topological polar surface area (TPSA) is 111 Å². The maximum atomic E-state index is 10.9. The van der Waals surface area contributed by atoms with Crippen molar-refractivity contribution in [3.8, 4) is 0 Å². The molecule has 0 saturated carbocycles. The van der Waals surface area contributed by atoms with Gasteiger partial charge in [-0.2, -0.15) is 5.10 Å². The van der Waals surface area contributed by atoms with Crippen LogP contribution in [0, 0.1) is 20.2 Å². The minimum atomic E-state index is -0.674. The first-order chi connectivity index (χ1) is 9.45. The van der Waals surface area contributed by atoms with Gasteiger partial charge in [-0.25, -0.2) is 0 Å². The third-order valence-corrected chi connectivity index (χ3v) is 2.65. The molecule has 0 spiro atoms. The summed E-state index contributed by atoms with van der Waals surface area (Å²) < 4.78 is 0. The SMILES string of the molecule is CCCCC(C)=NNc1ccc([N+](=O)[O-])cc1[N+](=O)[O-]. The van der Waals surface area contributed by atoms with E-state index in [0.29, 0.717) is 0 Å². The molecule has 1 aromatic carbocycles. The summed E-state index contributed by atoms with van der Waals surface area (Å²) in [4.78, 5) is 20.2. The van der Waals surface area contributed by atoms with E-state index in [1.54, 1.807) is 0 Å². The lowest BCUT2D eigenvalue weighted by atomic mass is 10.2. The van der Waals surface area contributed by atoms with Gasteiger partial charge in [-0.15, -0.1) is 0 Å². The van der Waals surface area contributed by atoms with Gasteiger partial charge in [0, 0.05) is 11.8 Å². The first-order valence-corrected chi connectivity index (χ1v) is 6.17. The summed E-state index contributed by atoms with van der Waals surface area (Å²) in [5.41, 5.74) is 2.85. The van der Waals surface area contributed by atoms with Gasteiger partial charge in [0.25, 0.3) is 5.69 Å². The molecule has 20 heavy (non-hydrogen) atoms. The Morgan fingerprint density at radius 3 is 2.55 bits per heavy atom. The molecule has 0 aliphatic carbocycles. The van der Waals surface area contributed by atoms with Crippen molar-refractivity contribution in [1.82, 2.24) is 0 Å². The fourth-order valence-corrected chi connectivity index (χ4v) is 1.52. The first kappa shape index (κ1) is 15.5. The van der Waals surface area contributed by atoms with Gasteiger partial charge in [-0.05, 0) is 25.8 Å². The number of benzene rings is 1. The van der Waals surface area contributed by atoms with Gasteiger partial charge in [0.05, 0.1) is 15.9 Å². The Hall–Kier alpha value is -2.51. The number of unbranched alkanes of at least 4 members (excludes halogenated alkanes) is 1. The number of anilines is 1. The van der Waals surface area contributed by atoms with E-state index in [1.807, 2.05) is 6.92 Å². The molecule has 1 N–H and O–H groups in total. The second-order valence-electron chi connectivity index (χ2n) is 4.28. The van der Waals surface area contributed by atoms with E-state index < -0.39 is 9.85 Å². The van der Waals surface area contributed by atoms with E-state index in [-0.39, 0.29) is 17.1 Å². The Labute approximate surface area is 115 Å². The van der Waals surface area contributed by atoms with Crippen molar-refractivity contribution in [2.45, 2.75) is 33.1 Å². The van der Waals surface area contributed by atoms with Crippen LogP contribution in [0.1, 0.15) is 33.1 Å². The molecule has 0 heterocycles. The summed E-state index contributed by atoms with van der Waals surface area (Å²) >= 11 is 0. The van der Waals surface area contributed by atoms with Gasteiger partial charge in [-0.3, -0.25) is 25.7 Å². The Bertz CT molecular complexity index is 542. The van der Waals surface area contributed by atoms with Crippen LogP contribution in [0.3, 0.4) is 0 Å². The van der Waals surface area contributed by atoms with Crippen molar-refractivity contribution in [2.75, 3.05) is 5.43 Å². The predicted octanol–water partition coefficient (Wildman–Crippen LogP) is 3.48. The number of rotatable bonds is 7.